The Balaban J connectivity index is 1.95. The van der Waals surface area contributed by atoms with Crippen molar-refractivity contribution in [3.05, 3.63) is 60.2 Å². The SMILES string of the molecule is O=C1C[C@H](c2ccccc2)C(=O)N1c1cccc(O)c1. The fourth-order valence-electron chi connectivity index (χ4n) is 2.48. The molecule has 0 aliphatic carbocycles. The van der Waals surface area contributed by atoms with E-state index in [1.165, 1.54) is 12.1 Å². The summed E-state index contributed by atoms with van der Waals surface area (Å²) in [5, 5.41) is 9.48. The molecule has 0 radical (unpaired) electrons. The first kappa shape index (κ1) is 12.4. The summed E-state index contributed by atoms with van der Waals surface area (Å²) in [6.45, 7) is 0. The highest BCUT2D eigenvalue weighted by atomic mass is 16.3. The minimum atomic E-state index is -0.439. The van der Waals surface area contributed by atoms with Crippen LogP contribution in [0.1, 0.15) is 17.9 Å². The van der Waals surface area contributed by atoms with Gasteiger partial charge in [-0.2, -0.15) is 0 Å². The third kappa shape index (κ3) is 2.05. The molecule has 1 saturated heterocycles. The van der Waals surface area contributed by atoms with E-state index in [4.69, 9.17) is 0 Å². The fraction of sp³-hybridized carbons (Fsp3) is 0.125. The molecule has 1 aliphatic heterocycles. The number of hydrogen-bond acceptors (Lipinski definition) is 3. The summed E-state index contributed by atoms with van der Waals surface area (Å²) in [5.74, 6) is -0.890. The Morgan fingerprint density at radius 2 is 1.75 bits per heavy atom. The van der Waals surface area contributed by atoms with E-state index in [2.05, 4.69) is 0 Å². The third-order valence-corrected chi connectivity index (χ3v) is 3.44. The maximum Gasteiger partial charge on any atom is 0.241 e. The number of phenolic OH excluding ortho intramolecular Hbond substituents is 1. The molecule has 1 atom stereocenters. The minimum absolute atomic E-state index is 0.0336. The summed E-state index contributed by atoms with van der Waals surface area (Å²) in [6.07, 6.45) is 0.165. The lowest BCUT2D eigenvalue weighted by atomic mass is 9.98. The van der Waals surface area contributed by atoms with Gasteiger partial charge in [-0.15, -0.1) is 0 Å². The molecule has 4 nitrogen and oxygen atoms in total. The van der Waals surface area contributed by atoms with E-state index in [0.717, 1.165) is 10.5 Å². The molecule has 0 aromatic heterocycles. The van der Waals surface area contributed by atoms with Gasteiger partial charge in [-0.3, -0.25) is 9.59 Å². The highest BCUT2D eigenvalue weighted by Crippen LogP contribution is 2.33. The summed E-state index contributed by atoms with van der Waals surface area (Å²) < 4.78 is 0. The van der Waals surface area contributed by atoms with Crippen molar-refractivity contribution in [1.29, 1.82) is 0 Å². The summed E-state index contributed by atoms with van der Waals surface area (Å²) in [7, 11) is 0. The van der Waals surface area contributed by atoms with Crippen LogP contribution in [0.3, 0.4) is 0 Å². The Kier molecular flexibility index (Phi) is 2.99. The molecule has 1 heterocycles. The first-order chi connectivity index (χ1) is 9.66. The van der Waals surface area contributed by atoms with Crippen molar-refractivity contribution in [3.8, 4) is 5.75 Å². The number of carbonyl (C=O) groups excluding carboxylic acids is 2. The lowest BCUT2D eigenvalue weighted by Gasteiger charge is -2.15. The summed E-state index contributed by atoms with van der Waals surface area (Å²) in [4.78, 5) is 25.7. The second-order valence-corrected chi connectivity index (χ2v) is 4.75. The molecule has 0 saturated carbocycles. The van der Waals surface area contributed by atoms with Gasteiger partial charge < -0.3 is 5.11 Å². The Morgan fingerprint density at radius 3 is 2.45 bits per heavy atom. The van der Waals surface area contributed by atoms with Gasteiger partial charge in [0.05, 0.1) is 11.6 Å². The Hall–Kier alpha value is -2.62. The van der Waals surface area contributed by atoms with Gasteiger partial charge in [-0.25, -0.2) is 4.90 Å². The summed E-state index contributed by atoms with van der Waals surface area (Å²) in [5.41, 5.74) is 1.26. The topological polar surface area (TPSA) is 57.6 Å². The molecular formula is C16H13NO3. The molecule has 20 heavy (non-hydrogen) atoms. The van der Waals surface area contributed by atoms with Crippen molar-refractivity contribution in [1.82, 2.24) is 0 Å². The van der Waals surface area contributed by atoms with E-state index >= 15 is 0 Å². The van der Waals surface area contributed by atoms with Crippen LogP contribution < -0.4 is 4.90 Å². The minimum Gasteiger partial charge on any atom is -0.508 e. The van der Waals surface area contributed by atoms with E-state index in [-0.39, 0.29) is 24.0 Å². The second-order valence-electron chi connectivity index (χ2n) is 4.75. The zero-order chi connectivity index (χ0) is 14.1. The predicted octanol–water partition coefficient (Wildman–Crippen LogP) is 2.44. The number of imide groups is 1. The highest BCUT2D eigenvalue weighted by Gasteiger charge is 2.40. The van der Waals surface area contributed by atoms with Crippen LogP contribution in [-0.2, 0) is 9.59 Å². The molecular weight excluding hydrogens is 254 g/mol. The number of carbonyl (C=O) groups is 2. The van der Waals surface area contributed by atoms with E-state index in [9.17, 15) is 14.7 Å². The number of anilines is 1. The standard InChI is InChI=1S/C16H13NO3/c18-13-8-4-7-12(9-13)17-15(19)10-14(16(17)20)11-5-2-1-3-6-11/h1-9,14,18H,10H2/t14-/m1/s1. The van der Waals surface area contributed by atoms with E-state index in [1.807, 2.05) is 30.3 Å². The summed E-state index contributed by atoms with van der Waals surface area (Å²) in [6, 6.07) is 15.5. The largest absolute Gasteiger partial charge is 0.508 e. The molecule has 100 valence electrons. The van der Waals surface area contributed by atoms with Crippen molar-refractivity contribution < 1.29 is 14.7 Å². The molecule has 0 bridgehead atoms. The first-order valence-corrected chi connectivity index (χ1v) is 6.37. The zero-order valence-corrected chi connectivity index (χ0v) is 10.7. The number of amides is 2. The second kappa shape index (κ2) is 4.81. The highest BCUT2D eigenvalue weighted by molar-refractivity contribution is 6.22. The van der Waals surface area contributed by atoms with E-state index < -0.39 is 5.92 Å². The van der Waals surface area contributed by atoms with Crippen molar-refractivity contribution >= 4 is 17.5 Å². The van der Waals surface area contributed by atoms with Crippen molar-refractivity contribution in [3.63, 3.8) is 0 Å². The molecule has 1 N–H and O–H groups in total. The van der Waals surface area contributed by atoms with Gasteiger partial charge in [0.15, 0.2) is 0 Å². The molecule has 4 heteroatoms. The molecule has 1 fully saturated rings. The maximum atomic E-state index is 12.5. The van der Waals surface area contributed by atoms with Gasteiger partial charge in [0, 0.05) is 12.5 Å². The molecule has 0 spiro atoms. The van der Waals surface area contributed by atoms with Crippen LogP contribution in [0.2, 0.25) is 0 Å². The van der Waals surface area contributed by atoms with Crippen molar-refractivity contribution in [2.24, 2.45) is 0 Å². The lowest BCUT2D eigenvalue weighted by molar-refractivity contribution is -0.121. The van der Waals surface area contributed by atoms with Gasteiger partial charge in [0.25, 0.3) is 0 Å². The van der Waals surface area contributed by atoms with Crippen molar-refractivity contribution in [2.75, 3.05) is 4.90 Å². The Bertz CT molecular complexity index is 666. The van der Waals surface area contributed by atoms with E-state index in [0.29, 0.717) is 5.69 Å². The average molecular weight is 267 g/mol. The molecule has 2 aromatic carbocycles. The first-order valence-electron chi connectivity index (χ1n) is 6.37. The number of phenols is 1. The van der Waals surface area contributed by atoms with Gasteiger partial charge >= 0.3 is 0 Å². The lowest BCUT2D eigenvalue weighted by Crippen LogP contribution is -2.29. The summed E-state index contributed by atoms with van der Waals surface area (Å²) >= 11 is 0. The Morgan fingerprint density at radius 1 is 1.00 bits per heavy atom. The quantitative estimate of drug-likeness (QED) is 0.850. The van der Waals surface area contributed by atoms with Crippen LogP contribution in [0, 0.1) is 0 Å². The number of aromatic hydroxyl groups is 1. The number of benzene rings is 2. The third-order valence-electron chi connectivity index (χ3n) is 3.44. The van der Waals surface area contributed by atoms with Gasteiger partial charge in [-0.1, -0.05) is 36.4 Å². The van der Waals surface area contributed by atoms with Gasteiger partial charge in [-0.05, 0) is 17.7 Å². The molecule has 3 rings (SSSR count). The zero-order valence-electron chi connectivity index (χ0n) is 10.7. The van der Waals surface area contributed by atoms with Crippen molar-refractivity contribution in [2.45, 2.75) is 12.3 Å². The fourth-order valence-corrected chi connectivity index (χ4v) is 2.48. The number of rotatable bonds is 2. The molecule has 0 unspecified atom stereocenters. The Labute approximate surface area is 116 Å². The van der Waals surface area contributed by atoms with Crippen LogP contribution in [-0.4, -0.2) is 16.9 Å². The van der Waals surface area contributed by atoms with Crippen LogP contribution in [0.15, 0.2) is 54.6 Å². The predicted molar refractivity (Wildman–Crippen MR) is 74.4 cm³/mol. The molecule has 2 amide bonds. The smallest absolute Gasteiger partial charge is 0.241 e. The van der Waals surface area contributed by atoms with E-state index in [1.54, 1.807) is 12.1 Å². The van der Waals surface area contributed by atoms with Crippen LogP contribution in [0.4, 0.5) is 5.69 Å². The van der Waals surface area contributed by atoms with Gasteiger partial charge in [0.2, 0.25) is 11.8 Å². The normalized spacial score (nSPS) is 18.6. The van der Waals surface area contributed by atoms with Crippen LogP contribution in [0.5, 0.6) is 5.75 Å². The maximum absolute atomic E-state index is 12.5. The molecule has 1 aliphatic rings. The molecule has 2 aromatic rings. The number of hydrogen-bond donors (Lipinski definition) is 1. The van der Waals surface area contributed by atoms with Crippen LogP contribution in [0.25, 0.3) is 0 Å². The number of nitrogens with zero attached hydrogens (tertiary/aromatic N) is 1. The van der Waals surface area contributed by atoms with Crippen LogP contribution >= 0.6 is 0 Å². The average Bonchev–Trinajstić information content (AvgIpc) is 2.75. The monoisotopic (exact) mass is 267 g/mol. The van der Waals surface area contributed by atoms with Gasteiger partial charge in [0.1, 0.15) is 5.75 Å².